The number of esters is 1. The van der Waals surface area contributed by atoms with Crippen LogP contribution in [0.25, 0.3) is 0 Å². The summed E-state index contributed by atoms with van der Waals surface area (Å²) in [6.45, 7) is 2.84. The Balaban J connectivity index is 2.44. The summed E-state index contributed by atoms with van der Waals surface area (Å²) < 4.78 is 5.61. The highest BCUT2D eigenvalue weighted by Gasteiger charge is 2.08. The number of nitrogens with zero attached hydrogens (tertiary/aromatic N) is 1. The number of methoxy groups -OCH3 is 1. The molecule has 0 saturated heterocycles. The Hall–Kier alpha value is -0.910. The third-order valence-electron chi connectivity index (χ3n) is 2.75. The van der Waals surface area contributed by atoms with Crippen molar-refractivity contribution < 1.29 is 9.53 Å². The monoisotopic (exact) mass is 328 g/mol. The lowest BCUT2D eigenvalue weighted by Crippen LogP contribution is -2.21. The molecule has 0 fully saturated rings. The lowest BCUT2D eigenvalue weighted by molar-refractivity contribution is 0.0600. The number of rotatable bonds is 7. The van der Waals surface area contributed by atoms with E-state index in [1.807, 2.05) is 6.07 Å². The average Bonchev–Trinajstić information content (AvgIpc) is 2.38. The molecule has 0 amide bonds. The number of hydrogen-bond donors (Lipinski definition) is 1. The maximum absolute atomic E-state index is 11.4. The van der Waals surface area contributed by atoms with Gasteiger partial charge in [-0.2, -0.15) is 0 Å². The Kier molecular flexibility index (Phi) is 7.05. The molecule has 0 atom stereocenters. The zero-order valence-electron chi connectivity index (χ0n) is 11.7. The minimum absolute atomic E-state index is 0.314. The summed E-state index contributed by atoms with van der Waals surface area (Å²) >= 11 is 3.48. The molecule has 0 aromatic heterocycles. The number of benzene rings is 1. The molecule has 0 heterocycles. The van der Waals surface area contributed by atoms with Crippen LogP contribution in [0.5, 0.6) is 0 Å². The first-order valence-corrected chi connectivity index (χ1v) is 7.06. The molecule has 1 aromatic carbocycles. The molecule has 0 aliphatic carbocycles. The first-order chi connectivity index (χ1) is 9.04. The van der Waals surface area contributed by atoms with Crippen LogP contribution in [0, 0.1) is 0 Å². The number of carbonyl (C=O) groups excluding carboxylic acids is 1. The van der Waals surface area contributed by atoms with Gasteiger partial charge in [0.05, 0.1) is 12.7 Å². The molecule has 0 unspecified atom stereocenters. The van der Waals surface area contributed by atoms with Crippen molar-refractivity contribution in [3.05, 3.63) is 33.8 Å². The van der Waals surface area contributed by atoms with Crippen LogP contribution in [0.2, 0.25) is 0 Å². The second kappa shape index (κ2) is 8.30. The lowest BCUT2D eigenvalue weighted by atomic mass is 10.1. The SMILES string of the molecule is COC(=O)c1ccc(CNCCCN(C)C)c(Br)c1. The molecule has 1 N–H and O–H groups in total. The van der Waals surface area contributed by atoms with Gasteiger partial charge in [0.15, 0.2) is 0 Å². The largest absolute Gasteiger partial charge is 0.465 e. The van der Waals surface area contributed by atoms with Gasteiger partial charge in [0.25, 0.3) is 0 Å². The fraction of sp³-hybridized carbons (Fsp3) is 0.500. The van der Waals surface area contributed by atoms with Gasteiger partial charge < -0.3 is 15.0 Å². The van der Waals surface area contributed by atoms with Gasteiger partial charge in [0.2, 0.25) is 0 Å². The van der Waals surface area contributed by atoms with E-state index in [0.717, 1.165) is 36.1 Å². The summed E-state index contributed by atoms with van der Waals surface area (Å²) in [5.74, 6) is -0.314. The number of hydrogen-bond acceptors (Lipinski definition) is 4. The Morgan fingerprint density at radius 2 is 2.16 bits per heavy atom. The highest BCUT2D eigenvalue weighted by molar-refractivity contribution is 9.10. The fourth-order valence-corrected chi connectivity index (χ4v) is 2.20. The summed E-state index contributed by atoms with van der Waals surface area (Å²) in [6.07, 6.45) is 1.12. The van der Waals surface area contributed by atoms with E-state index in [1.165, 1.54) is 7.11 Å². The van der Waals surface area contributed by atoms with Crippen molar-refractivity contribution in [2.24, 2.45) is 0 Å². The maximum atomic E-state index is 11.4. The van der Waals surface area contributed by atoms with Crippen molar-refractivity contribution in [2.45, 2.75) is 13.0 Å². The lowest BCUT2D eigenvalue weighted by Gasteiger charge is -2.11. The highest BCUT2D eigenvalue weighted by Crippen LogP contribution is 2.19. The van der Waals surface area contributed by atoms with Crippen LogP contribution in [0.15, 0.2) is 22.7 Å². The van der Waals surface area contributed by atoms with Crippen LogP contribution in [0.3, 0.4) is 0 Å². The molecule has 0 radical (unpaired) electrons. The highest BCUT2D eigenvalue weighted by atomic mass is 79.9. The molecule has 0 bridgehead atoms. The molecule has 19 heavy (non-hydrogen) atoms. The van der Waals surface area contributed by atoms with E-state index in [-0.39, 0.29) is 5.97 Å². The van der Waals surface area contributed by atoms with Gasteiger partial charge in [0.1, 0.15) is 0 Å². The third kappa shape index (κ3) is 5.72. The second-order valence-corrected chi connectivity index (χ2v) is 5.49. The van der Waals surface area contributed by atoms with Crippen molar-refractivity contribution in [1.82, 2.24) is 10.2 Å². The molecule has 0 spiro atoms. The van der Waals surface area contributed by atoms with E-state index in [4.69, 9.17) is 0 Å². The van der Waals surface area contributed by atoms with Crippen molar-refractivity contribution in [2.75, 3.05) is 34.3 Å². The second-order valence-electron chi connectivity index (χ2n) is 4.63. The fourth-order valence-electron chi connectivity index (χ4n) is 1.68. The summed E-state index contributed by atoms with van der Waals surface area (Å²) in [5, 5.41) is 3.39. The van der Waals surface area contributed by atoms with E-state index < -0.39 is 0 Å². The predicted octanol–water partition coefficient (Wildman–Crippen LogP) is 2.28. The van der Waals surface area contributed by atoms with Crippen LogP contribution in [0.4, 0.5) is 0 Å². The molecule has 5 heteroatoms. The molecular formula is C14H21BrN2O2. The third-order valence-corrected chi connectivity index (χ3v) is 3.49. The Morgan fingerprint density at radius 1 is 1.42 bits per heavy atom. The Bertz CT molecular complexity index is 422. The van der Waals surface area contributed by atoms with Gasteiger partial charge >= 0.3 is 5.97 Å². The topological polar surface area (TPSA) is 41.6 Å². The average molecular weight is 329 g/mol. The zero-order chi connectivity index (χ0) is 14.3. The standard InChI is InChI=1S/C14H21BrN2O2/c1-17(2)8-4-7-16-10-12-6-5-11(9-13(12)15)14(18)19-3/h5-6,9,16H,4,7-8,10H2,1-3H3. The van der Waals surface area contributed by atoms with Gasteiger partial charge in [-0.25, -0.2) is 4.79 Å². The number of carbonyl (C=O) groups is 1. The number of halogens is 1. The van der Waals surface area contributed by atoms with Crippen LogP contribution >= 0.6 is 15.9 Å². The normalized spacial score (nSPS) is 10.8. The Labute approximate surface area is 123 Å². The first-order valence-electron chi connectivity index (χ1n) is 6.26. The molecule has 0 aliphatic heterocycles. The smallest absolute Gasteiger partial charge is 0.337 e. The van der Waals surface area contributed by atoms with E-state index in [2.05, 4.69) is 45.0 Å². The number of ether oxygens (including phenoxy) is 1. The molecule has 4 nitrogen and oxygen atoms in total. The van der Waals surface area contributed by atoms with Crippen LogP contribution in [0.1, 0.15) is 22.3 Å². The summed E-state index contributed by atoms with van der Waals surface area (Å²) in [7, 11) is 5.53. The minimum atomic E-state index is -0.314. The van der Waals surface area contributed by atoms with E-state index in [0.29, 0.717) is 5.56 Å². The van der Waals surface area contributed by atoms with Crippen molar-refractivity contribution in [1.29, 1.82) is 0 Å². The van der Waals surface area contributed by atoms with E-state index in [1.54, 1.807) is 12.1 Å². The van der Waals surface area contributed by atoms with Crippen molar-refractivity contribution in [3.63, 3.8) is 0 Å². The van der Waals surface area contributed by atoms with E-state index in [9.17, 15) is 4.79 Å². The van der Waals surface area contributed by atoms with E-state index >= 15 is 0 Å². The van der Waals surface area contributed by atoms with Crippen molar-refractivity contribution in [3.8, 4) is 0 Å². The van der Waals surface area contributed by atoms with Crippen LogP contribution in [-0.4, -0.2) is 45.2 Å². The first kappa shape index (κ1) is 16.1. The number of nitrogens with one attached hydrogen (secondary N) is 1. The van der Waals surface area contributed by atoms with Gasteiger partial charge in [-0.3, -0.25) is 0 Å². The molecule has 0 saturated carbocycles. The predicted molar refractivity (Wildman–Crippen MR) is 80.4 cm³/mol. The van der Waals surface area contributed by atoms with Gasteiger partial charge in [-0.15, -0.1) is 0 Å². The summed E-state index contributed by atoms with van der Waals surface area (Å²) in [5.41, 5.74) is 1.70. The minimum Gasteiger partial charge on any atom is -0.465 e. The van der Waals surface area contributed by atoms with Gasteiger partial charge in [-0.1, -0.05) is 22.0 Å². The van der Waals surface area contributed by atoms with Crippen LogP contribution in [-0.2, 0) is 11.3 Å². The molecule has 1 rings (SSSR count). The molecule has 0 aliphatic rings. The van der Waals surface area contributed by atoms with Gasteiger partial charge in [0, 0.05) is 11.0 Å². The maximum Gasteiger partial charge on any atom is 0.337 e. The summed E-state index contributed by atoms with van der Waals surface area (Å²) in [6, 6.07) is 5.52. The summed E-state index contributed by atoms with van der Waals surface area (Å²) in [4.78, 5) is 13.5. The van der Waals surface area contributed by atoms with Crippen molar-refractivity contribution >= 4 is 21.9 Å². The quantitative estimate of drug-likeness (QED) is 0.616. The molecule has 1 aromatic rings. The molecular weight excluding hydrogens is 308 g/mol. The zero-order valence-corrected chi connectivity index (χ0v) is 13.3. The molecule has 106 valence electrons. The van der Waals surface area contributed by atoms with Gasteiger partial charge in [-0.05, 0) is 51.3 Å². The Morgan fingerprint density at radius 3 is 2.74 bits per heavy atom. The van der Waals surface area contributed by atoms with Crippen LogP contribution < -0.4 is 5.32 Å².